The summed E-state index contributed by atoms with van der Waals surface area (Å²) in [6, 6.07) is 5.95. The molecule has 0 aliphatic heterocycles. The van der Waals surface area contributed by atoms with Crippen LogP contribution in [0.2, 0.25) is 0 Å². The number of nitrogens with zero attached hydrogens (tertiary/aromatic N) is 2. The van der Waals surface area contributed by atoms with Crippen LogP contribution < -0.4 is 15.8 Å². The highest BCUT2D eigenvalue weighted by molar-refractivity contribution is 8.01. The molecule has 23 heavy (non-hydrogen) atoms. The summed E-state index contributed by atoms with van der Waals surface area (Å²) in [6.07, 6.45) is 0. The van der Waals surface area contributed by atoms with E-state index in [0.717, 1.165) is 0 Å². The molecule has 0 bridgehead atoms. The van der Waals surface area contributed by atoms with Gasteiger partial charge in [-0.2, -0.15) is 0 Å². The lowest BCUT2D eigenvalue weighted by Gasteiger charge is -2.07. The van der Waals surface area contributed by atoms with E-state index in [1.54, 1.807) is 6.92 Å². The Balaban J connectivity index is 1.91. The van der Waals surface area contributed by atoms with Crippen LogP contribution in [0.15, 0.2) is 33.5 Å². The average molecular weight is 373 g/mol. The van der Waals surface area contributed by atoms with Gasteiger partial charge in [-0.3, -0.25) is 4.79 Å². The maximum atomic E-state index is 11.8. The molecule has 0 fully saturated rings. The third-order valence-electron chi connectivity index (χ3n) is 2.53. The van der Waals surface area contributed by atoms with Gasteiger partial charge in [0.25, 0.3) is 0 Å². The number of aromatic nitrogens is 2. The minimum Gasteiger partial charge on any atom is -0.374 e. The van der Waals surface area contributed by atoms with Crippen LogP contribution in [0.1, 0.15) is 6.92 Å². The molecule has 124 valence electrons. The number of rotatable bonds is 7. The zero-order valence-corrected chi connectivity index (χ0v) is 14.6. The van der Waals surface area contributed by atoms with Crippen LogP contribution in [0, 0.1) is 0 Å². The van der Waals surface area contributed by atoms with Gasteiger partial charge in [-0.05, 0) is 24.3 Å². The first-order valence-corrected chi connectivity index (χ1v) is 9.80. The van der Waals surface area contributed by atoms with Gasteiger partial charge < -0.3 is 11.1 Å². The van der Waals surface area contributed by atoms with Crippen LogP contribution in [0.3, 0.4) is 0 Å². The lowest BCUT2D eigenvalue weighted by molar-refractivity contribution is -0.113. The number of sulfonamides is 1. The normalized spacial score (nSPS) is 11.3. The molecule has 0 aliphatic rings. The second-order valence-corrected chi connectivity index (χ2v) is 8.27. The number of anilines is 2. The zero-order valence-electron chi connectivity index (χ0n) is 12.1. The number of carbonyl (C=O) groups is 1. The van der Waals surface area contributed by atoms with Crippen LogP contribution in [0.5, 0.6) is 0 Å². The van der Waals surface area contributed by atoms with Crippen LogP contribution in [-0.2, 0) is 14.8 Å². The lowest BCUT2D eigenvalue weighted by atomic mass is 10.3. The van der Waals surface area contributed by atoms with Gasteiger partial charge in [-0.15, -0.1) is 10.2 Å². The van der Waals surface area contributed by atoms with Crippen molar-refractivity contribution in [3.63, 3.8) is 0 Å². The van der Waals surface area contributed by atoms with Gasteiger partial charge in [0.1, 0.15) is 0 Å². The van der Waals surface area contributed by atoms with E-state index in [9.17, 15) is 13.2 Å². The van der Waals surface area contributed by atoms with E-state index in [4.69, 9.17) is 5.73 Å². The largest absolute Gasteiger partial charge is 0.374 e. The highest BCUT2D eigenvalue weighted by atomic mass is 32.2. The van der Waals surface area contributed by atoms with Gasteiger partial charge in [0.05, 0.1) is 10.6 Å². The second kappa shape index (κ2) is 7.73. The van der Waals surface area contributed by atoms with Gasteiger partial charge in [-0.25, -0.2) is 13.1 Å². The van der Waals surface area contributed by atoms with Crippen molar-refractivity contribution in [2.75, 3.05) is 23.3 Å². The Morgan fingerprint density at radius 1 is 1.30 bits per heavy atom. The fraction of sp³-hybridized carbons (Fsp3) is 0.250. The van der Waals surface area contributed by atoms with Gasteiger partial charge >= 0.3 is 0 Å². The van der Waals surface area contributed by atoms with Crippen molar-refractivity contribution in [2.45, 2.75) is 16.2 Å². The third kappa shape index (κ3) is 5.16. The van der Waals surface area contributed by atoms with Gasteiger partial charge in [0.2, 0.25) is 21.1 Å². The summed E-state index contributed by atoms with van der Waals surface area (Å²) in [6.45, 7) is 2.02. The van der Waals surface area contributed by atoms with Crippen LogP contribution in [-0.4, -0.2) is 36.8 Å². The first-order chi connectivity index (χ1) is 10.9. The van der Waals surface area contributed by atoms with E-state index in [1.807, 2.05) is 0 Å². The van der Waals surface area contributed by atoms with E-state index in [0.29, 0.717) is 21.7 Å². The van der Waals surface area contributed by atoms with E-state index in [2.05, 4.69) is 20.2 Å². The van der Waals surface area contributed by atoms with Crippen molar-refractivity contribution >= 4 is 49.8 Å². The summed E-state index contributed by atoms with van der Waals surface area (Å²) in [5.74, 6) is -0.0717. The molecular weight excluding hydrogens is 358 g/mol. The van der Waals surface area contributed by atoms with Crippen molar-refractivity contribution in [1.29, 1.82) is 0 Å². The van der Waals surface area contributed by atoms with Crippen LogP contribution in [0.4, 0.5) is 10.8 Å². The van der Waals surface area contributed by atoms with Crippen molar-refractivity contribution in [2.24, 2.45) is 0 Å². The lowest BCUT2D eigenvalue weighted by Crippen LogP contribution is -2.23. The minimum absolute atomic E-state index is 0.149. The standard InChI is InChI=1S/C12H15N5O3S3/c1-2-14-23(19,20)9-5-3-8(4-6-9)15-10(18)7-21-12-17-16-11(13)22-12/h3-6,14H,2,7H2,1H3,(H2,13,16)(H,15,18). The zero-order chi connectivity index (χ0) is 16.9. The van der Waals surface area contributed by atoms with Gasteiger partial charge in [0.15, 0.2) is 4.34 Å². The molecule has 2 rings (SSSR count). The molecule has 1 aromatic heterocycles. The summed E-state index contributed by atoms with van der Waals surface area (Å²) in [5, 5.41) is 10.5. The quantitative estimate of drug-likeness (QED) is 0.621. The number of benzene rings is 1. The molecule has 1 amide bonds. The topological polar surface area (TPSA) is 127 Å². The molecule has 0 aliphatic carbocycles. The molecule has 0 unspecified atom stereocenters. The molecule has 4 N–H and O–H groups in total. The monoisotopic (exact) mass is 373 g/mol. The van der Waals surface area contributed by atoms with Crippen LogP contribution in [0.25, 0.3) is 0 Å². The van der Waals surface area contributed by atoms with E-state index in [1.165, 1.54) is 47.4 Å². The van der Waals surface area contributed by atoms with Gasteiger partial charge in [0, 0.05) is 12.2 Å². The van der Waals surface area contributed by atoms with Crippen molar-refractivity contribution in [3.8, 4) is 0 Å². The van der Waals surface area contributed by atoms with E-state index >= 15 is 0 Å². The maximum Gasteiger partial charge on any atom is 0.240 e. The SMILES string of the molecule is CCNS(=O)(=O)c1ccc(NC(=O)CSc2nnc(N)s2)cc1. The molecule has 8 nitrogen and oxygen atoms in total. The predicted molar refractivity (Wildman–Crippen MR) is 91.0 cm³/mol. The van der Waals surface area contributed by atoms with Gasteiger partial charge in [-0.1, -0.05) is 30.0 Å². The Hall–Kier alpha value is -1.69. The molecule has 0 saturated carbocycles. The number of nitrogens with two attached hydrogens (primary N) is 1. The molecule has 1 heterocycles. The van der Waals surface area contributed by atoms with E-state index < -0.39 is 10.0 Å². The smallest absolute Gasteiger partial charge is 0.240 e. The third-order valence-corrected chi connectivity index (χ3v) is 5.98. The summed E-state index contributed by atoms with van der Waals surface area (Å²) < 4.78 is 26.6. The average Bonchev–Trinajstić information content (AvgIpc) is 2.91. The molecule has 0 saturated heterocycles. The highest BCUT2D eigenvalue weighted by Crippen LogP contribution is 2.23. The number of amides is 1. The number of hydrogen-bond acceptors (Lipinski definition) is 8. The van der Waals surface area contributed by atoms with E-state index in [-0.39, 0.29) is 16.6 Å². The number of nitrogen functional groups attached to an aromatic ring is 1. The fourth-order valence-corrected chi connectivity index (χ4v) is 4.07. The Labute approximate surface area is 141 Å². The molecule has 2 aromatic rings. The first-order valence-electron chi connectivity index (χ1n) is 6.52. The maximum absolute atomic E-state index is 11.8. The number of hydrogen-bond donors (Lipinski definition) is 3. The second-order valence-electron chi connectivity index (χ2n) is 4.27. The highest BCUT2D eigenvalue weighted by Gasteiger charge is 2.12. The molecule has 0 spiro atoms. The number of thioether (sulfide) groups is 1. The number of carbonyl (C=O) groups excluding carboxylic acids is 1. The molecular formula is C12H15N5O3S3. The Bertz CT molecular complexity index is 773. The summed E-state index contributed by atoms with van der Waals surface area (Å²) in [4.78, 5) is 12.0. The molecule has 11 heteroatoms. The predicted octanol–water partition coefficient (Wildman–Crippen LogP) is 1.15. The fourth-order valence-electron chi connectivity index (χ4n) is 1.59. The minimum atomic E-state index is -3.49. The van der Waals surface area contributed by atoms with Crippen LogP contribution >= 0.6 is 23.1 Å². The number of nitrogens with one attached hydrogen (secondary N) is 2. The molecule has 1 aromatic carbocycles. The molecule has 0 atom stereocenters. The Kier molecular flexibility index (Phi) is 5.93. The summed E-state index contributed by atoms with van der Waals surface area (Å²) in [7, 11) is -3.49. The van der Waals surface area contributed by atoms with Crippen molar-refractivity contribution in [3.05, 3.63) is 24.3 Å². The molecule has 0 radical (unpaired) electrons. The first kappa shape index (κ1) is 17.7. The van der Waals surface area contributed by atoms with Crippen molar-refractivity contribution < 1.29 is 13.2 Å². The Morgan fingerprint density at radius 3 is 2.57 bits per heavy atom. The summed E-state index contributed by atoms with van der Waals surface area (Å²) >= 11 is 2.44. The summed E-state index contributed by atoms with van der Waals surface area (Å²) in [5.41, 5.74) is 5.97. The Morgan fingerprint density at radius 2 is 2.00 bits per heavy atom. The van der Waals surface area contributed by atoms with Crippen molar-refractivity contribution in [1.82, 2.24) is 14.9 Å².